The molecule has 0 amide bonds. The van der Waals surface area contributed by atoms with Crippen molar-refractivity contribution < 1.29 is 18.0 Å². The van der Waals surface area contributed by atoms with Crippen molar-refractivity contribution in [1.82, 2.24) is 9.61 Å². The largest absolute Gasteiger partial charge is 0.433 e. The molecule has 0 radical (unpaired) electrons. The maximum atomic E-state index is 13.4. The number of aromatic nitrogens is 2. The van der Waals surface area contributed by atoms with Crippen LogP contribution < -0.4 is 0 Å². The summed E-state index contributed by atoms with van der Waals surface area (Å²) in [6, 6.07) is 11.1. The molecule has 0 aliphatic rings. The molecule has 1 aromatic carbocycles. The summed E-state index contributed by atoms with van der Waals surface area (Å²) in [6.07, 6.45) is -4.63. The number of alkyl halides is 3. The highest BCUT2D eigenvalue weighted by Gasteiger charge is 2.35. The Hall–Kier alpha value is -2.34. The third kappa shape index (κ3) is 2.70. The van der Waals surface area contributed by atoms with Gasteiger partial charge in [0.2, 0.25) is 0 Å². The molecule has 0 fully saturated rings. The average molecular weight is 339 g/mol. The van der Waals surface area contributed by atoms with Crippen molar-refractivity contribution in [2.45, 2.75) is 13.1 Å². The third-order valence-corrected chi connectivity index (χ3v) is 3.78. The Bertz CT molecular complexity index is 901. The number of Topliss-reactive ketones (excluding diaryl/α,β-unsaturated/α-hetero) is 1. The molecule has 118 valence electrons. The first-order valence-electron chi connectivity index (χ1n) is 6.65. The molecule has 0 aliphatic heterocycles. The standard InChI is InChI=1S/C16H10ClF3N2O/c1-9(23)15-14(17)12-7-11(10-5-3-2-4-6-10)8-13(16(18,19)20)22(12)21-15/h2-8H,1H3. The lowest BCUT2D eigenvalue weighted by atomic mass is 10.1. The molecule has 23 heavy (non-hydrogen) atoms. The number of hydrogen-bond donors (Lipinski definition) is 0. The summed E-state index contributed by atoms with van der Waals surface area (Å²) in [7, 11) is 0. The van der Waals surface area contributed by atoms with Crippen molar-refractivity contribution in [1.29, 1.82) is 0 Å². The number of nitrogens with zero attached hydrogens (tertiary/aromatic N) is 2. The zero-order chi connectivity index (χ0) is 16.8. The third-order valence-electron chi connectivity index (χ3n) is 3.40. The highest BCUT2D eigenvalue weighted by Crippen LogP contribution is 2.36. The van der Waals surface area contributed by atoms with E-state index in [1.807, 2.05) is 0 Å². The molecule has 2 heterocycles. The molecule has 0 saturated carbocycles. The number of carbonyl (C=O) groups excluding carboxylic acids is 1. The Labute approximate surface area is 134 Å². The fourth-order valence-corrected chi connectivity index (χ4v) is 2.65. The number of fused-ring (bicyclic) bond motifs is 1. The van der Waals surface area contributed by atoms with Crippen LogP contribution in [0.4, 0.5) is 13.2 Å². The summed E-state index contributed by atoms with van der Waals surface area (Å²) in [4.78, 5) is 11.5. The predicted octanol–water partition coefficient (Wildman–Crippen LogP) is 4.88. The highest BCUT2D eigenvalue weighted by molar-refractivity contribution is 6.36. The zero-order valence-corrected chi connectivity index (χ0v) is 12.6. The van der Waals surface area contributed by atoms with Gasteiger partial charge in [-0.2, -0.15) is 18.3 Å². The van der Waals surface area contributed by atoms with Gasteiger partial charge >= 0.3 is 6.18 Å². The fraction of sp³-hybridized carbons (Fsp3) is 0.125. The monoisotopic (exact) mass is 338 g/mol. The van der Waals surface area contributed by atoms with Crippen molar-refractivity contribution in [2.24, 2.45) is 0 Å². The lowest BCUT2D eigenvalue weighted by molar-refractivity contribution is -0.142. The van der Waals surface area contributed by atoms with E-state index in [0.29, 0.717) is 15.6 Å². The molecular weight excluding hydrogens is 329 g/mol. The normalized spacial score (nSPS) is 11.9. The number of rotatable bonds is 2. The molecule has 2 aromatic heterocycles. The second-order valence-corrected chi connectivity index (χ2v) is 5.39. The maximum absolute atomic E-state index is 13.4. The van der Waals surface area contributed by atoms with Gasteiger partial charge in [-0.05, 0) is 23.3 Å². The molecular formula is C16H10ClF3N2O. The van der Waals surface area contributed by atoms with Crippen LogP contribution in [0, 0.1) is 0 Å². The molecule has 3 aromatic rings. The van der Waals surface area contributed by atoms with E-state index in [4.69, 9.17) is 11.6 Å². The second kappa shape index (κ2) is 5.38. The minimum Gasteiger partial charge on any atom is -0.293 e. The Balaban J connectivity index is 2.38. The summed E-state index contributed by atoms with van der Waals surface area (Å²) < 4.78 is 40.8. The minimum atomic E-state index is -4.63. The van der Waals surface area contributed by atoms with Gasteiger partial charge in [-0.3, -0.25) is 4.79 Å². The van der Waals surface area contributed by atoms with Gasteiger partial charge in [0, 0.05) is 6.92 Å². The van der Waals surface area contributed by atoms with E-state index in [9.17, 15) is 18.0 Å². The van der Waals surface area contributed by atoms with E-state index < -0.39 is 17.7 Å². The first kappa shape index (κ1) is 15.6. The van der Waals surface area contributed by atoms with Gasteiger partial charge in [-0.1, -0.05) is 41.9 Å². The van der Waals surface area contributed by atoms with Crippen LogP contribution in [-0.2, 0) is 6.18 Å². The van der Waals surface area contributed by atoms with Crippen molar-refractivity contribution in [3.63, 3.8) is 0 Å². The summed E-state index contributed by atoms with van der Waals surface area (Å²) in [5.41, 5.74) is -0.152. The van der Waals surface area contributed by atoms with Crippen LogP contribution in [0.5, 0.6) is 0 Å². The number of benzene rings is 1. The van der Waals surface area contributed by atoms with E-state index >= 15 is 0 Å². The summed E-state index contributed by atoms with van der Waals surface area (Å²) in [5.74, 6) is -0.493. The number of carbonyl (C=O) groups is 1. The van der Waals surface area contributed by atoms with E-state index in [0.717, 1.165) is 6.07 Å². The van der Waals surface area contributed by atoms with Crippen LogP contribution in [0.3, 0.4) is 0 Å². The van der Waals surface area contributed by atoms with Crippen molar-refractivity contribution in [3.05, 3.63) is 58.9 Å². The van der Waals surface area contributed by atoms with Crippen LogP contribution >= 0.6 is 11.6 Å². The summed E-state index contributed by atoms with van der Waals surface area (Å²) in [6.45, 7) is 1.21. The Morgan fingerprint density at radius 2 is 1.78 bits per heavy atom. The molecule has 0 spiro atoms. The number of halogens is 4. The van der Waals surface area contributed by atoms with Gasteiger partial charge in [-0.15, -0.1) is 0 Å². The first-order chi connectivity index (χ1) is 10.8. The molecule has 0 atom stereocenters. The van der Waals surface area contributed by atoms with Crippen molar-refractivity contribution in [2.75, 3.05) is 0 Å². The maximum Gasteiger partial charge on any atom is 0.433 e. The van der Waals surface area contributed by atoms with Crippen molar-refractivity contribution >= 4 is 22.9 Å². The minimum absolute atomic E-state index is 0.0468. The van der Waals surface area contributed by atoms with Crippen LogP contribution in [0.25, 0.3) is 16.6 Å². The topological polar surface area (TPSA) is 34.4 Å². The van der Waals surface area contributed by atoms with Gasteiger partial charge < -0.3 is 0 Å². The van der Waals surface area contributed by atoms with Gasteiger partial charge in [0.05, 0.1) is 10.5 Å². The van der Waals surface area contributed by atoms with Gasteiger partial charge in [-0.25, -0.2) is 4.52 Å². The smallest absolute Gasteiger partial charge is 0.293 e. The van der Waals surface area contributed by atoms with Crippen molar-refractivity contribution in [3.8, 4) is 11.1 Å². The average Bonchev–Trinajstić information content (AvgIpc) is 2.84. The van der Waals surface area contributed by atoms with Crippen LogP contribution in [0.2, 0.25) is 5.02 Å². The number of hydrogen-bond acceptors (Lipinski definition) is 2. The summed E-state index contributed by atoms with van der Waals surface area (Å²) >= 11 is 6.06. The van der Waals surface area contributed by atoms with Crippen LogP contribution in [0.1, 0.15) is 23.1 Å². The quantitative estimate of drug-likeness (QED) is 0.624. The SMILES string of the molecule is CC(=O)c1nn2c(C(F)(F)F)cc(-c3ccccc3)cc2c1Cl. The van der Waals surface area contributed by atoms with E-state index in [1.54, 1.807) is 30.3 Å². The molecule has 3 nitrogen and oxygen atoms in total. The van der Waals surface area contributed by atoms with E-state index in [-0.39, 0.29) is 16.2 Å². The van der Waals surface area contributed by atoms with Crippen LogP contribution in [-0.4, -0.2) is 15.4 Å². The molecule has 0 bridgehead atoms. The second-order valence-electron chi connectivity index (χ2n) is 5.01. The predicted molar refractivity (Wildman–Crippen MR) is 80.6 cm³/mol. The van der Waals surface area contributed by atoms with Crippen LogP contribution in [0.15, 0.2) is 42.5 Å². The molecule has 0 saturated heterocycles. The van der Waals surface area contributed by atoms with Gasteiger partial charge in [0.25, 0.3) is 0 Å². The zero-order valence-electron chi connectivity index (χ0n) is 11.9. The van der Waals surface area contributed by atoms with Gasteiger partial charge in [0.1, 0.15) is 11.4 Å². The number of ketones is 1. The molecule has 0 aliphatic carbocycles. The fourth-order valence-electron chi connectivity index (χ4n) is 2.34. The summed E-state index contributed by atoms with van der Waals surface area (Å²) in [5, 5.41) is 3.65. The Kier molecular flexibility index (Phi) is 3.64. The Morgan fingerprint density at radius 3 is 2.35 bits per heavy atom. The Morgan fingerprint density at radius 1 is 1.13 bits per heavy atom. The van der Waals surface area contributed by atoms with E-state index in [1.165, 1.54) is 13.0 Å². The molecule has 0 unspecified atom stereocenters. The van der Waals surface area contributed by atoms with Gasteiger partial charge in [0.15, 0.2) is 5.78 Å². The number of pyridine rings is 1. The lowest BCUT2D eigenvalue weighted by Gasteiger charge is -2.11. The van der Waals surface area contributed by atoms with E-state index in [2.05, 4.69) is 5.10 Å². The molecule has 0 N–H and O–H groups in total. The molecule has 7 heteroatoms. The molecule has 3 rings (SSSR count). The lowest BCUT2D eigenvalue weighted by Crippen LogP contribution is -2.13. The highest BCUT2D eigenvalue weighted by atomic mass is 35.5. The first-order valence-corrected chi connectivity index (χ1v) is 7.02.